The van der Waals surface area contributed by atoms with Crippen LogP contribution in [0.1, 0.15) is 16.1 Å². The minimum Gasteiger partial charge on any atom is -0.495 e. The number of rotatable bonds is 4. The molecule has 0 saturated heterocycles. The van der Waals surface area contributed by atoms with Gasteiger partial charge in [-0.2, -0.15) is 0 Å². The zero-order chi connectivity index (χ0) is 21.4. The summed E-state index contributed by atoms with van der Waals surface area (Å²) in [5.74, 6) is 0.186. The summed E-state index contributed by atoms with van der Waals surface area (Å²) in [6, 6.07) is 17.0. The molecule has 31 heavy (non-hydrogen) atoms. The first-order chi connectivity index (χ1) is 15.1. The molecule has 7 heteroatoms. The van der Waals surface area contributed by atoms with Crippen molar-refractivity contribution in [3.05, 3.63) is 84.4 Å². The lowest BCUT2D eigenvalue weighted by atomic mass is 10.1. The number of methoxy groups -OCH3 is 1. The zero-order valence-electron chi connectivity index (χ0n) is 17.0. The summed E-state index contributed by atoms with van der Waals surface area (Å²) >= 11 is 0. The van der Waals surface area contributed by atoms with E-state index < -0.39 is 0 Å². The molecule has 0 aliphatic rings. The minimum absolute atomic E-state index is 0.231. The van der Waals surface area contributed by atoms with Crippen molar-refractivity contribution in [3.8, 4) is 17.0 Å². The van der Waals surface area contributed by atoms with Gasteiger partial charge in [0.2, 0.25) is 0 Å². The van der Waals surface area contributed by atoms with Crippen LogP contribution in [0.3, 0.4) is 0 Å². The zero-order valence-corrected chi connectivity index (χ0v) is 17.0. The van der Waals surface area contributed by atoms with Crippen LogP contribution >= 0.6 is 0 Å². The topological polar surface area (TPSA) is 81.4 Å². The van der Waals surface area contributed by atoms with Crippen molar-refractivity contribution in [2.75, 3.05) is 12.4 Å². The van der Waals surface area contributed by atoms with E-state index in [9.17, 15) is 4.79 Å². The van der Waals surface area contributed by atoms with Crippen LogP contribution in [-0.2, 0) is 0 Å². The molecule has 3 aromatic heterocycles. The van der Waals surface area contributed by atoms with Crippen molar-refractivity contribution in [1.82, 2.24) is 19.4 Å². The molecule has 1 amide bonds. The number of hydrogen-bond acceptors (Lipinski definition) is 5. The fourth-order valence-electron chi connectivity index (χ4n) is 3.51. The minimum atomic E-state index is -0.362. The third-order valence-corrected chi connectivity index (χ3v) is 5.10. The molecule has 2 aromatic carbocycles. The lowest BCUT2D eigenvalue weighted by Crippen LogP contribution is -2.15. The lowest BCUT2D eigenvalue weighted by Gasteiger charge is -2.11. The number of aryl methyl sites for hydroxylation is 1. The number of carbonyl (C=O) groups excluding carboxylic acids is 1. The Kier molecular flexibility index (Phi) is 4.55. The number of anilines is 1. The van der Waals surface area contributed by atoms with Gasteiger partial charge in [0, 0.05) is 18.0 Å². The van der Waals surface area contributed by atoms with Gasteiger partial charge in [0.05, 0.1) is 35.7 Å². The molecule has 0 saturated carbocycles. The number of aromatic nitrogens is 4. The fourth-order valence-corrected chi connectivity index (χ4v) is 3.51. The maximum Gasteiger partial charge on any atom is 0.275 e. The molecule has 0 spiro atoms. The summed E-state index contributed by atoms with van der Waals surface area (Å²) in [6.07, 6.45) is 5.40. The van der Waals surface area contributed by atoms with E-state index in [0.29, 0.717) is 17.0 Å². The number of carbonyl (C=O) groups is 1. The Labute approximate surface area is 178 Å². The molecule has 5 rings (SSSR count). The second-order valence-corrected chi connectivity index (χ2v) is 7.16. The van der Waals surface area contributed by atoms with Crippen molar-refractivity contribution < 1.29 is 9.53 Å². The molecule has 0 unspecified atom stereocenters. The van der Waals surface area contributed by atoms with E-state index in [1.807, 2.05) is 78.3 Å². The van der Waals surface area contributed by atoms with Crippen LogP contribution in [0.25, 0.3) is 27.9 Å². The van der Waals surface area contributed by atoms with Gasteiger partial charge in [-0.15, -0.1) is 0 Å². The quantitative estimate of drug-likeness (QED) is 0.472. The highest BCUT2D eigenvalue weighted by Crippen LogP contribution is 2.31. The van der Waals surface area contributed by atoms with E-state index in [1.165, 1.54) is 6.20 Å². The van der Waals surface area contributed by atoms with E-state index in [2.05, 4.69) is 15.3 Å². The number of pyridine rings is 1. The first kappa shape index (κ1) is 18.7. The van der Waals surface area contributed by atoms with Crippen molar-refractivity contribution in [3.63, 3.8) is 0 Å². The highest BCUT2D eigenvalue weighted by molar-refractivity contribution is 6.04. The summed E-state index contributed by atoms with van der Waals surface area (Å²) in [7, 11) is 1.56. The van der Waals surface area contributed by atoms with Crippen molar-refractivity contribution >= 4 is 28.3 Å². The van der Waals surface area contributed by atoms with E-state index >= 15 is 0 Å². The van der Waals surface area contributed by atoms with Crippen molar-refractivity contribution in [1.29, 1.82) is 0 Å². The number of nitrogens with zero attached hydrogens (tertiary/aromatic N) is 4. The van der Waals surface area contributed by atoms with Crippen LogP contribution in [0.2, 0.25) is 0 Å². The summed E-state index contributed by atoms with van der Waals surface area (Å²) in [6.45, 7) is 2.02. The number of benzene rings is 2. The number of fused-ring (bicyclic) bond motifs is 2. The van der Waals surface area contributed by atoms with Gasteiger partial charge >= 0.3 is 0 Å². The van der Waals surface area contributed by atoms with Crippen molar-refractivity contribution in [2.45, 2.75) is 6.92 Å². The monoisotopic (exact) mass is 409 g/mol. The molecule has 0 radical (unpaired) electrons. The van der Waals surface area contributed by atoms with Gasteiger partial charge in [-0.3, -0.25) is 9.78 Å². The van der Waals surface area contributed by atoms with E-state index in [-0.39, 0.29) is 11.6 Å². The number of para-hydroxylation sites is 2. The largest absolute Gasteiger partial charge is 0.495 e. The van der Waals surface area contributed by atoms with Gasteiger partial charge in [-0.1, -0.05) is 18.2 Å². The maximum atomic E-state index is 12.9. The molecule has 3 heterocycles. The molecule has 0 aliphatic carbocycles. The molecule has 7 nitrogen and oxygen atoms in total. The smallest absolute Gasteiger partial charge is 0.275 e. The summed E-state index contributed by atoms with van der Waals surface area (Å²) < 4.78 is 7.43. The molecule has 0 atom stereocenters. The molecule has 0 fully saturated rings. The predicted molar refractivity (Wildman–Crippen MR) is 119 cm³/mol. The summed E-state index contributed by atoms with van der Waals surface area (Å²) in [5.41, 5.74) is 5.82. The Balaban J connectivity index is 1.50. The van der Waals surface area contributed by atoms with Crippen LogP contribution in [0.15, 0.2) is 73.2 Å². The fraction of sp³-hybridized carbons (Fsp3) is 0.0833. The number of hydrogen-bond donors (Lipinski definition) is 1. The van der Waals surface area contributed by atoms with E-state index in [0.717, 1.165) is 28.0 Å². The van der Waals surface area contributed by atoms with Crippen LogP contribution in [-0.4, -0.2) is 32.4 Å². The van der Waals surface area contributed by atoms with Crippen molar-refractivity contribution in [2.24, 2.45) is 0 Å². The van der Waals surface area contributed by atoms with Gasteiger partial charge in [-0.05, 0) is 48.9 Å². The highest BCUT2D eigenvalue weighted by Gasteiger charge is 2.15. The van der Waals surface area contributed by atoms with Crippen LogP contribution < -0.4 is 10.1 Å². The first-order valence-electron chi connectivity index (χ1n) is 9.78. The average Bonchev–Trinajstić information content (AvgIpc) is 3.24. The Morgan fingerprint density at radius 3 is 2.68 bits per heavy atom. The number of amides is 1. The average molecular weight is 409 g/mol. The van der Waals surface area contributed by atoms with Gasteiger partial charge in [0.1, 0.15) is 17.1 Å². The Morgan fingerprint density at radius 2 is 1.87 bits per heavy atom. The van der Waals surface area contributed by atoms with Gasteiger partial charge < -0.3 is 14.5 Å². The van der Waals surface area contributed by atoms with Gasteiger partial charge in [-0.25, -0.2) is 9.97 Å². The normalized spacial score (nSPS) is 11.0. The van der Waals surface area contributed by atoms with E-state index in [4.69, 9.17) is 9.72 Å². The van der Waals surface area contributed by atoms with Crippen LogP contribution in [0.4, 0.5) is 5.69 Å². The standard InChI is InChI=1S/C24H19N5O2/c1-15-6-5-11-29-14-21(27-23(15)29)16-9-10-22(31-2)19(12-16)28-24(30)20-13-25-17-7-3-4-8-18(17)26-20/h3-14H,1-2H3,(H,28,30). The predicted octanol–water partition coefficient (Wildman–Crippen LogP) is 4.51. The lowest BCUT2D eigenvalue weighted by molar-refractivity contribution is 0.102. The molecular weight excluding hydrogens is 390 g/mol. The second kappa shape index (κ2) is 7.53. The Morgan fingerprint density at radius 1 is 1.03 bits per heavy atom. The van der Waals surface area contributed by atoms with Gasteiger partial charge in [0.15, 0.2) is 0 Å². The van der Waals surface area contributed by atoms with Crippen LogP contribution in [0.5, 0.6) is 5.75 Å². The third-order valence-electron chi connectivity index (χ3n) is 5.10. The molecule has 0 bridgehead atoms. The first-order valence-corrected chi connectivity index (χ1v) is 9.78. The van der Waals surface area contributed by atoms with Gasteiger partial charge in [0.25, 0.3) is 5.91 Å². The number of nitrogens with one attached hydrogen (secondary N) is 1. The second-order valence-electron chi connectivity index (χ2n) is 7.16. The molecular formula is C24H19N5O2. The third kappa shape index (κ3) is 3.46. The number of imidazole rings is 1. The summed E-state index contributed by atoms with van der Waals surface area (Å²) in [4.78, 5) is 26.3. The molecule has 1 N–H and O–H groups in total. The molecule has 152 valence electrons. The maximum absolute atomic E-state index is 12.9. The van der Waals surface area contributed by atoms with E-state index in [1.54, 1.807) is 7.11 Å². The Bertz CT molecular complexity index is 1440. The number of ether oxygens (including phenoxy) is 1. The van der Waals surface area contributed by atoms with Crippen LogP contribution in [0, 0.1) is 6.92 Å². The molecule has 5 aromatic rings. The summed E-state index contributed by atoms with van der Waals surface area (Å²) in [5, 5.41) is 2.90. The SMILES string of the molecule is COc1ccc(-c2cn3cccc(C)c3n2)cc1NC(=O)c1cnc2ccccc2n1. The highest BCUT2D eigenvalue weighted by atomic mass is 16.5. The molecule has 0 aliphatic heterocycles. The Hall–Kier alpha value is -4.26.